The van der Waals surface area contributed by atoms with Gasteiger partial charge in [0.05, 0.1) is 16.6 Å². The fourth-order valence-corrected chi connectivity index (χ4v) is 1.11. The molecule has 0 fully saturated rings. The zero-order valence-corrected chi connectivity index (χ0v) is 8.53. The monoisotopic (exact) mass is 250 g/mol. The Morgan fingerprint density at radius 3 is 2.47 bits per heavy atom. The number of alkyl halides is 3. The maximum atomic E-state index is 12.4. The third-order valence-electron chi connectivity index (χ3n) is 1.82. The number of halogens is 3. The summed E-state index contributed by atoms with van der Waals surface area (Å²) in [5.41, 5.74) is 3.32. The average Bonchev–Trinajstić information content (AvgIpc) is 2.24. The van der Waals surface area contributed by atoms with E-state index in [4.69, 9.17) is 10.5 Å². The van der Waals surface area contributed by atoms with Gasteiger partial charge in [-0.15, -0.1) is 0 Å². The predicted octanol–water partition coefficient (Wildman–Crippen LogP) is 1.95. The molecular formula is C9H9F3N2O3. The summed E-state index contributed by atoms with van der Waals surface area (Å²) in [6, 6.07) is 2.07. The van der Waals surface area contributed by atoms with Gasteiger partial charge in [-0.2, -0.15) is 13.2 Å². The van der Waals surface area contributed by atoms with Crippen LogP contribution in [0.3, 0.4) is 0 Å². The molecule has 1 rings (SSSR count). The quantitative estimate of drug-likeness (QED) is 0.654. The Balaban J connectivity index is 3.14. The van der Waals surface area contributed by atoms with Crippen LogP contribution in [0.2, 0.25) is 0 Å². The Bertz CT molecular complexity index is 420. The van der Waals surface area contributed by atoms with Crippen LogP contribution in [0, 0.1) is 10.1 Å². The first-order valence-electron chi connectivity index (χ1n) is 4.54. The summed E-state index contributed by atoms with van der Waals surface area (Å²) in [5, 5.41) is 10.5. The molecule has 0 saturated carbocycles. The van der Waals surface area contributed by atoms with E-state index in [1.807, 2.05) is 0 Å². The SMILES string of the molecule is NCCOc1cc([N+](=O)[O-])cc(C(F)(F)F)c1. The Hall–Kier alpha value is -1.83. The van der Waals surface area contributed by atoms with Gasteiger partial charge in [0.1, 0.15) is 12.4 Å². The van der Waals surface area contributed by atoms with Crippen LogP contribution in [0.25, 0.3) is 0 Å². The van der Waals surface area contributed by atoms with Crippen molar-refractivity contribution in [2.75, 3.05) is 13.2 Å². The molecule has 17 heavy (non-hydrogen) atoms. The number of nitrogens with zero attached hydrogens (tertiary/aromatic N) is 1. The molecule has 0 unspecified atom stereocenters. The second-order valence-electron chi connectivity index (χ2n) is 3.11. The highest BCUT2D eigenvalue weighted by atomic mass is 19.4. The number of nitrogens with two attached hydrogens (primary N) is 1. The van der Waals surface area contributed by atoms with Crippen molar-refractivity contribution in [3.63, 3.8) is 0 Å². The van der Waals surface area contributed by atoms with E-state index in [1.165, 1.54) is 0 Å². The summed E-state index contributed by atoms with van der Waals surface area (Å²) in [6.07, 6.45) is -4.66. The Labute approximate surface area is 94.1 Å². The fraction of sp³-hybridized carbons (Fsp3) is 0.333. The van der Waals surface area contributed by atoms with Gasteiger partial charge in [-0.25, -0.2) is 0 Å². The number of nitro groups is 1. The Morgan fingerprint density at radius 2 is 2.00 bits per heavy atom. The number of hydrogen-bond donors (Lipinski definition) is 1. The molecule has 0 aliphatic rings. The maximum absolute atomic E-state index is 12.4. The summed E-state index contributed by atoms with van der Waals surface area (Å²) in [5.74, 6) is -0.225. The lowest BCUT2D eigenvalue weighted by Gasteiger charge is -2.09. The van der Waals surface area contributed by atoms with Crippen LogP contribution in [0.4, 0.5) is 18.9 Å². The largest absolute Gasteiger partial charge is 0.492 e. The number of non-ortho nitro benzene ring substituents is 1. The van der Waals surface area contributed by atoms with Gasteiger partial charge in [0.15, 0.2) is 0 Å². The van der Waals surface area contributed by atoms with Crippen LogP contribution in [0.15, 0.2) is 18.2 Å². The first kappa shape index (κ1) is 13.2. The molecule has 0 atom stereocenters. The molecule has 1 aromatic rings. The molecule has 0 aliphatic heterocycles. The van der Waals surface area contributed by atoms with Crippen molar-refractivity contribution in [2.24, 2.45) is 5.73 Å². The summed E-state index contributed by atoms with van der Waals surface area (Å²) >= 11 is 0. The summed E-state index contributed by atoms with van der Waals surface area (Å²) in [7, 11) is 0. The number of rotatable bonds is 4. The van der Waals surface area contributed by atoms with Gasteiger partial charge in [0, 0.05) is 12.6 Å². The van der Waals surface area contributed by atoms with Crippen molar-refractivity contribution >= 4 is 5.69 Å². The number of ether oxygens (including phenoxy) is 1. The molecular weight excluding hydrogens is 241 g/mol. The van der Waals surface area contributed by atoms with Gasteiger partial charge >= 0.3 is 6.18 Å². The second-order valence-corrected chi connectivity index (χ2v) is 3.11. The van der Waals surface area contributed by atoms with Crippen LogP contribution in [0.5, 0.6) is 5.75 Å². The van der Waals surface area contributed by atoms with Crippen LogP contribution >= 0.6 is 0 Å². The third-order valence-corrected chi connectivity index (χ3v) is 1.82. The van der Waals surface area contributed by atoms with Gasteiger partial charge in [0.2, 0.25) is 0 Å². The van der Waals surface area contributed by atoms with Crippen molar-refractivity contribution in [1.29, 1.82) is 0 Å². The van der Waals surface area contributed by atoms with Crippen molar-refractivity contribution in [2.45, 2.75) is 6.18 Å². The summed E-state index contributed by atoms with van der Waals surface area (Å²) in [6.45, 7) is 0.0858. The normalized spacial score (nSPS) is 11.3. The van der Waals surface area contributed by atoms with Crippen molar-refractivity contribution in [3.8, 4) is 5.75 Å². The van der Waals surface area contributed by atoms with Crippen LogP contribution < -0.4 is 10.5 Å². The van der Waals surface area contributed by atoms with Crippen LogP contribution in [-0.4, -0.2) is 18.1 Å². The van der Waals surface area contributed by atoms with E-state index in [-0.39, 0.29) is 18.9 Å². The maximum Gasteiger partial charge on any atom is 0.416 e. The summed E-state index contributed by atoms with van der Waals surface area (Å²) < 4.78 is 42.1. The van der Waals surface area contributed by atoms with Gasteiger partial charge < -0.3 is 10.5 Å². The first-order valence-corrected chi connectivity index (χ1v) is 4.54. The molecule has 0 saturated heterocycles. The molecule has 0 bridgehead atoms. The summed E-state index contributed by atoms with van der Waals surface area (Å²) in [4.78, 5) is 9.55. The molecule has 2 N–H and O–H groups in total. The minimum Gasteiger partial charge on any atom is -0.492 e. The van der Waals surface area contributed by atoms with Crippen molar-refractivity contribution in [1.82, 2.24) is 0 Å². The molecule has 5 nitrogen and oxygen atoms in total. The van der Waals surface area contributed by atoms with Crippen LogP contribution in [-0.2, 0) is 6.18 Å². The molecule has 0 spiro atoms. The molecule has 0 heterocycles. The van der Waals surface area contributed by atoms with Gasteiger partial charge in [0.25, 0.3) is 5.69 Å². The lowest BCUT2D eigenvalue weighted by molar-refractivity contribution is -0.385. The highest BCUT2D eigenvalue weighted by Crippen LogP contribution is 2.34. The molecule has 8 heteroatoms. The zero-order chi connectivity index (χ0) is 13.1. The number of benzene rings is 1. The van der Waals surface area contributed by atoms with E-state index in [9.17, 15) is 23.3 Å². The van der Waals surface area contributed by atoms with E-state index in [0.29, 0.717) is 12.1 Å². The van der Waals surface area contributed by atoms with E-state index in [0.717, 1.165) is 6.07 Å². The predicted molar refractivity (Wildman–Crippen MR) is 52.6 cm³/mol. The lowest BCUT2D eigenvalue weighted by Crippen LogP contribution is -2.12. The fourth-order valence-electron chi connectivity index (χ4n) is 1.11. The van der Waals surface area contributed by atoms with Gasteiger partial charge in [-0.1, -0.05) is 0 Å². The topological polar surface area (TPSA) is 78.4 Å². The second kappa shape index (κ2) is 5.00. The smallest absolute Gasteiger partial charge is 0.416 e. The Morgan fingerprint density at radius 1 is 1.35 bits per heavy atom. The minimum absolute atomic E-state index is 0.0154. The molecule has 0 radical (unpaired) electrons. The van der Waals surface area contributed by atoms with E-state index < -0.39 is 22.4 Å². The zero-order valence-electron chi connectivity index (χ0n) is 8.53. The highest BCUT2D eigenvalue weighted by molar-refractivity contribution is 5.43. The van der Waals surface area contributed by atoms with Crippen LogP contribution in [0.1, 0.15) is 5.56 Å². The number of nitro benzene ring substituents is 1. The van der Waals surface area contributed by atoms with Gasteiger partial charge in [-0.05, 0) is 6.07 Å². The van der Waals surface area contributed by atoms with Crippen molar-refractivity contribution < 1.29 is 22.8 Å². The first-order chi connectivity index (χ1) is 7.84. The van der Waals surface area contributed by atoms with E-state index in [1.54, 1.807) is 0 Å². The molecule has 94 valence electrons. The lowest BCUT2D eigenvalue weighted by atomic mass is 10.2. The highest BCUT2D eigenvalue weighted by Gasteiger charge is 2.33. The standard InChI is InChI=1S/C9H9F3N2O3/c10-9(11,12)6-3-7(14(15)16)5-8(4-6)17-2-1-13/h3-5H,1-2,13H2. The average molecular weight is 250 g/mol. The third kappa shape index (κ3) is 3.59. The van der Waals surface area contributed by atoms with E-state index >= 15 is 0 Å². The molecule has 1 aromatic carbocycles. The molecule has 0 aromatic heterocycles. The Kier molecular flexibility index (Phi) is 3.89. The van der Waals surface area contributed by atoms with Gasteiger partial charge in [-0.3, -0.25) is 10.1 Å². The molecule has 0 amide bonds. The number of hydrogen-bond acceptors (Lipinski definition) is 4. The minimum atomic E-state index is -4.66. The van der Waals surface area contributed by atoms with E-state index in [2.05, 4.69) is 0 Å². The van der Waals surface area contributed by atoms with Crippen molar-refractivity contribution in [3.05, 3.63) is 33.9 Å². The molecule has 0 aliphatic carbocycles.